The molecule has 1 aromatic heterocycles. The standard InChI is InChI=1S/C12H14F2N2O3/c1-2-5-16(7-10(13)14)11(17)9-6-8(12(18)19)3-4-15-9/h3-4,6,10H,2,5,7H2,1H3,(H,18,19). The zero-order valence-electron chi connectivity index (χ0n) is 10.3. The van der Waals surface area contributed by atoms with E-state index in [4.69, 9.17) is 5.11 Å². The summed E-state index contributed by atoms with van der Waals surface area (Å²) < 4.78 is 24.8. The maximum atomic E-state index is 12.4. The van der Waals surface area contributed by atoms with Gasteiger partial charge in [-0.15, -0.1) is 0 Å². The van der Waals surface area contributed by atoms with Crippen LogP contribution in [-0.4, -0.2) is 46.4 Å². The lowest BCUT2D eigenvalue weighted by Gasteiger charge is -2.21. The highest BCUT2D eigenvalue weighted by Crippen LogP contribution is 2.08. The number of carbonyl (C=O) groups is 2. The summed E-state index contributed by atoms with van der Waals surface area (Å²) in [5.41, 5.74) is -0.249. The number of alkyl halides is 2. The van der Waals surface area contributed by atoms with Crippen LogP contribution < -0.4 is 0 Å². The van der Waals surface area contributed by atoms with Gasteiger partial charge in [0.15, 0.2) is 0 Å². The van der Waals surface area contributed by atoms with Crippen LogP contribution in [-0.2, 0) is 0 Å². The highest BCUT2D eigenvalue weighted by Gasteiger charge is 2.20. The number of carbonyl (C=O) groups excluding carboxylic acids is 1. The largest absolute Gasteiger partial charge is 0.478 e. The van der Waals surface area contributed by atoms with E-state index < -0.39 is 24.8 Å². The molecule has 1 amide bonds. The first-order valence-electron chi connectivity index (χ1n) is 5.72. The zero-order valence-corrected chi connectivity index (χ0v) is 10.3. The molecular formula is C12H14F2N2O3. The van der Waals surface area contributed by atoms with E-state index in [2.05, 4.69) is 4.98 Å². The molecule has 104 valence electrons. The van der Waals surface area contributed by atoms with Gasteiger partial charge in [-0.1, -0.05) is 6.92 Å². The van der Waals surface area contributed by atoms with Crippen LogP contribution in [0.4, 0.5) is 8.78 Å². The van der Waals surface area contributed by atoms with Crippen molar-refractivity contribution in [1.29, 1.82) is 0 Å². The van der Waals surface area contributed by atoms with Crippen LogP contribution >= 0.6 is 0 Å². The van der Waals surface area contributed by atoms with Crippen molar-refractivity contribution in [3.63, 3.8) is 0 Å². The molecule has 1 N–H and O–H groups in total. The second-order valence-electron chi connectivity index (χ2n) is 3.88. The Hall–Kier alpha value is -2.05. The fraction of sp³-hybridized carbons (Fsp3) is 0.417. The Morgan fingerprint density at radius 2 is 2.16 bits per heavy atom. The smallest absolute Gasteiger partial charge is 0.335 e. The summed E-state index contributed by atoms with van der Waals surface area (Å²) in [4.78, 5) is 27.5. The van der Waals surface area contributed by atoms with Crippen molar-refractivity contribution < 1.29 is 23.5 Å². The summed E-state index contributed by atoms with van der Waals surface area (Å²) in [6.45, 7) is 1.24. The third kappa shape index (κ3) is 4.27. The molecule has 0 aromatic carbocycles. The number of amides is 1. The van der Waals surface area contributed by atoms with Crippen LogP contribution in [0.5, 0.6) is 0 Å². The molecule has 1 aromatic rings. The molecule has 19 heavy (non-hydrogen) atoms. The van der Waals surface area contributed by atoms with Crippen molar-refractivity contribution in [2.75, 3.05) is 13.1 Å². The average Bonchev–Trinajstić information content (AvgIpc) is 2.37. The predicted octanol–water partition coefficient (Wildman–Crippen LogP) is 1.90. The Morgan fingerprint density at radius 3 is 2.68 bits per heavy atom. The van der Waals surface area contributed by atoms with Gasteiger partial charge in [0.1, 0.15) is 5.69 Å². The molecule has 0 fully saturated rings. The van der Waals surface area contributed by atoms with Gasteiger partial charge in [0.2, 0.25) is 0 Å². The van der Waals surface area contributed by atoms with Crippen LogP contribution in [0.25, 0.3) is 0 Å². The van der Waals surface area contributed by atoms with Gasteiger partial charge in [-0.3, -0.25) is 9.78 Å². The Bertz CT molecular complexity index is 466. The number of halogens is 2. The van der Waals surface area contributed by atoms with Gasteiger partial charge in [0.25, 0.3) is 12.3 Å². The van der Waals surface area contributed by atoms with E-state index in [-0.39, 0.29) is 17.8 Å². The fourth-order valence-corrected chi connectivity index (χ4v) is 1.55. The van der Waals surface area contributed by atoms with Crippen LogP contribution in [0.1, 0.15) is 34.2 Å². The minimum atomic E-state index is -2.64. The number of hydrogen-bond acceptors (Lipinski definition) is 3. The number of hydrogen-bond donors (Lipinski definition) is 1. The third-order valence-corrected chi connectivity index (χ3v) is 2.37. The van der Waals surface area contributed by atoms with E-state index in [1.54, 1.807) is 6.92 Å². The quantitative estimate of drug-likeness (QED) is 0.858. The summed E-state index contributed by atoms with van der Waals surface area (Å²) in [5, 5.41) is 8.81. The van der Waals surface area contributed by atoms with E-state index in [0.717, 1.165) is 11.0 Å². The molecule has 1 heterocycles. The lowest BCUT2D eigenvalue weighted by molar-refractivity contribution is 0.0550. The highest BCUT2D eigenvalue weighted by molar-refractivity contribution is 5.95. The fourth-order valence-electron chi connectivity index (χ4n) is 1.55. The van der Waals surface area contributed by atoms with E-state index >= 15 is 0 Å². The maximum Gasteiger partial charge on any atom is 0.335 e. The molecule has 7 heteroatoms. The number of carboxylic acids is 1. The van der Waals surface area contributed by atoms with E-state index in [1.807, 2.05) is 0 Å². The van der Waals surface area contributed by atoms with Gasteiger partial charge < -0.3 is 10.0 Å². The number of nitrogens with zero attached hydrogens (tertiary/aromatic N) is 2. The molecule has 0 aliphatic rings. The van der Waals surface area contributed by atoms with Crippen molar-refractivity contribution in [2.45, 2.75) is 19.8 Å². The molecule has 0 saturated carbocycles. The minimum absolute atomic E-state index is 0.105. The van der Waals surface area contributed by atoms with Gasteiger partial charge in [-0.2, -0.15) is 0 Å². The molecule has 0 spiro atoms. The second kappa shape index (κ2) is 6.77. The molecule has 1 rings (SSSR count). The lowest BCUT2D eigenvalue weighted by Crippen LogP contribution is -2.36. The second-order valence-corrected chi connectivity index (χ2v) is 3.88. The third-order valence-electron chi connectivity index (χ3n) is 2.37. The predicted molar refractivity (Wildman–Crippen MR) is 63.4 cm³/mol. The Balaban J connectivity index is 2.95. The first-order valence-corrected chi connectivity index (χ1v) is 5.72. The molecule has 0 aliphatic carbocycles. The normalized spacial score (nSPS) is 10.5. The van der Waals surface area contributed by atoms with Crippen LogP contribution in [0.3, 0.4) is 0 Å². The molecule has 0 aliphatic heterocycles. The van der Waals surface area contributed by atoms with Gasteiger partial charge in [0, 0.05) is 12.7 Å². The van der Waals surface area contributed by atoms with Crippen molar-refractivity contribution in [3.8, 4) is 0 Å². The topological polar surface area (TPSA) is 70.5 Å². The Kier molecular flexibility index (Phi) is 5.35. The van der Waals surface area contributed by atoms with Gasteiger partial charge in [0.05, 0.1) is 12.1 Å². The van der Waals surface area contributed by atoms with Crippen LogP contribution in [0.15, 0.2) is 18.3 Å². The van der Waals surface area contributed by atoms with Gasteiger partial charge in [-0.05, 0) is 18.6 Å². The number of carboxylic acid groups (broad SMARTS) is 1. The van der Waals surface area contributed by atoms with Gasteiger partial charge in [-0.25, -0.2) is 13.6 Å². The van der Waals surface area contributed by atoms with E-state index in [9.17, 15) is 18.4 Å². The lowest BCUT2D eigenvalue weighted by atomic mass is 10.2. The molecule has 0 atom stereocenters. The minimum Gasteiger partial charge on any atom is -0.478 e. The van der Waals surface area contributed by atoms with E-state index in [1.165, 1.54) is 12.3 Å². The summed E-state index contributed by atoms with van der Waals surface area (Å²) in [5.74, 6) is -1.89. The summed E-state index contributed by atoms with van der Waals surface area (Å²) in [7, 11) is 0. The van der Waals surface area contributed by atoms with E-state index in [0.29, 0.717) is 6.42 Å². The van der Waals surface area contributed by atoms with Crippen LogP contribution in [0, 0.1) is 0 Å². The SMILES string of the molecule is CCCN(CC(F)F)C(=O)c1cc(C(=O)O)ccn1. The molecule has 0 saturated heterocycles. The number of pyridine rings is 1. The summed E-state index contributed by atoms with van der Waals surface area (Å²) in [6.07, 6.45) is -0.946. The summed E-state index contributed by atoms with van der Waals surface area (Å²) >= 11 is 0. The van der Waals surface area contributed by atoms with Crippen LogP contribution in [0.2, 0.25) is 0 Å². The Morgan fingerprint density at radius 1 is 1.47 bits per heavy atom. The van der Waals surface area contributed by atoms with Gasteiger partial charge >= 0.3 is 5.97 Å². The molecule has 5 nitrogen and oxygen atoms in total. The molecule has 0 bridgehead atoms. The first kappa shape index (κ1) is 15.0. The molecule has 0 unspecified atom stereocenters. The zero-order chi connectivity index (χ0) is 14.4. The first-order chi connectivity index (χ1) is 8.95. The van der Waals surface area contributed by atoms with Crippen molar-refractivity contribution in [3.05, 3.63) is 29.6 Å². The number of aromatic nitrogens is 1. The molecular weight excluding hydrogens is 258 g/mol. The highest BCUT2D eigenvalue weighted by atomic mass is 19.3. The Labute approximate surface area is 108 Å². The number of aromatic carboxylic acids is 1. The maximum absolute atomic E-state index is 12.4. The molecule has 0 radical (unpaired) electrons. The van der Waals surface area contributed by atoms with Crippen molar-refractivity contribution >= 4 is 11.9 Å². The van der Waals surface area contributed by atoms with Crippen molar-refractivity contribution in [1.82, 2.24) is 9.88 Å². The average molecular weight is 272 g/mol. The summed E-state index contributed by atoms with van der Waals surface area (Å²) in [6, 6.07) is 2.31. The monoisotopic (exact) mass is 272 g/mol. The number of rotatable bonds is 6. The van der Waals surface area contributed by atoms with Crippen molar-refractivity contribution in [2.24, 2.45) is 0 Å².